The molecule has 0 saturated heterocycles. The topological polar surface area (TPSA) is 49.4 Å². The molecule has 0 bridgehead atoms. The van der Waals surface area contributed by atoms with E-state index in [1.54, 1.807) is 6.07 Å². The van der Waals surface area contributed by atoms with Crippen molar-refractivity contribution < 1.29 is 9.59 Å². The number of fused-ring (bicyclic) bond motifs is 1. The van der Waals surface area contributed by atoms with Gasteiger partial charge in [-0.05, 0) is 56.0 Å². The second-order valence-electron chi connectivity index (χ2n) is 6.94. The lowest BCUT2D eigenvalue weighted by Crippen LogP contribution is -2.35. The van der Waals surface area contributed by atoms with Crippen molar-refractivity contribution in [2.24, 2.45) is 5.92 Å². The van der Waals surface area contributed by atoms with Crippen molar-refractivity contribution in [2.75, 3.05) is 10.2 Å². The average molecular weight is 350 g/mol. The first-order chi connectivity index (χ1) is 12.5. The number of carbonyl (C=O) groups excluding carboxylic acids is 2. The van der Waals surface area contributed by atoms with E-state index in [0.717, 1.165) is 24.9 Å². The van der Waals surface area contributed by atoms with Gasteiger partial charge in [0.05, 0.1) is 0 Å². The number of para-hydroxylation sites is 1. The largest absolute Gasteiger partial charge is 0.326 e. The number of nitrogens with zero attached hydrogens (tertiary/aromatic N) is 1. The fourth-order valence-corrected chi connectivity index (χ4v) is 3.65. The Kier molecular flexibility index (Phi) is 5.40. The third-order valence-corrected chi connectivity index (χ3v) is 5.16. The summed E-state index contributed by atoms with van der Waals surface area (Å²) in [5.74, 6) is -0.0135. The molecule has 1 aliphatic rings. The molecule has 0 fully saturated rings. The Bertz CT molecular complexity index is 811. The minimum Gasteiger partial charge on any atom is -0.326 e. The molecule has 2 aromatic carbocycles. The van der Waals surface area contributed by atoms with E-state index >= 15 is 0 Å². The first-order valence-corrected chi connectivity index (χ1v) is 9.37. The second-order valence-corrected chi connectivity index (χ2v) is 6.94. The second kappa shape index (κ2) is 7.73. The monoisotopic (exact) mass is 350 g/mol. The zero-order valence-electron chi connectivity index (χ0n) is 15.7. The summed E-state index contributed by atoms with van der Waals surface area (Å²) in [7, 11) is 0. The summed E-state index contributed by atoms with van der Waals surface area (Å²) < 4.78 is 0. The van der Waals surface area contributed by atoms with Gasteiger partial charge in [0.25, 0.3) is 5.91 Å². The maximum absolute atomic E-state index is 13.1. The first kappa shape index (κ1) is 18.2. The maximum Gasteiger partial charge on any atom is 0.258 e. The Morgan fingerprint density at radius 2 is 1.85 bits per heavy atom. The quantitative estimate of drug-likeness (QED) is 0.853. The van der Waals surface area contributed by atoms with Crippen LogP contribution in [0.2, 0.25) is 0 Å². The lowest BCUT2D eigenvalue weighted by Gasteiger charge is -2.23. The number of benzene rings is 2. The van der Waals surface area contributed by atoms with Crippen molar-refractivity contribution in [3.05, 3.63) is 59.7 Å². The smallest absolute Gasteiger partial charge is 0.258 e. The van der Waals surface area contributed by atoms with E-state index in [0.29, 0.717) is 11.3 Å². The maximum atomic E-state index is 13.1. The molecule has 0 spiro atoms. The predicted octanol–water partition coefficient (Wildman–Crippen LogP) is 4.65. The van der Waals surface area contributed by atoms with Crippen molar-refractivity contribution in [3.8, 4) is 0 Å². The van der Waals surface area contributed by atoms with Crippen molar-refractivity contribution in [3.63, 3.8) is 0 Å². The molecule has 0 aromatic heterocycles. The minimum atomic E-state index is -0.0268. The molecule has 1 N–H and O–H groups in total. The number of amides is 2. The van der Waals surface area contributed by atoms with E-state index in [1.807, 2.05) is 55.1 Å². The standard InChI is InChI=1S/C22H26N2O2/c1-4-16(5-2)21(25)23-19-11-8-10-18(14-19)22(26)24-15(3)13-17-9-6-7-12-20(17)24/h6-12,14-16H,4-5,13H2,1-3H3,(H,23,25)/t15-/m1/s1. The molecule has 1 aliphatic heterocycles. The first-order valence-electron chi connectivity index (χ1n) is 9.37. The van der Waals surface area contributed by atoms with Gasteiger partial charge < -0.3 is 10.2 Å². The van der Waals surface area contributed by atoms with Crippen LogP contribution >= 0.6 is 0 Å². The Morgan fingerprint density at radius 3 is 2.58 bits per heavy atom. The van der Waals surface area contributed by atoms with E-state index in [1.165, 1.54) is 5.56 Å². The predicted molar refractivity (Wildman–Crippen MR) is 106 cm³/mol. The summed E-state index contributed by atoms with van der Waals surface area (Å²) in [5, 5.41) is 2.95. The summed E-state index contributed by atoms with van der Waals surface area (Å²) in [4.78, 5) is 27.3. The van der Waals surface area contributed by atoms with Crippen LogP contribution in [0.25, 0.3) is 0 Å². The number of carbonyl (C=O) groups is 2. The summed E-state index contributed by atoms with van der Waals surface area (Å²) in [6.45, 7) is 6.09. The van der Waals surface area contributed by atoms with Gasteiger partial charge in [0, 0.05) is 28.9 Å². The van der Waals surface area contributed by atoms with Gasteiger partial charge in [-0.25, -0.2) is 0 Å². The van der Waals surface area contributed by atoms with Gasteiger partial charge >= 0.3 is 0 Å². The Labute approximate surface area is 155 Å². The Balaban J connectivity index is 1.82. The summed E-state index contributed by atoms with van der Waals surface area (Å²) in [5.41, 5.74) is 3.45. The molecule has 3 rings (SSSR count). The third-order valence-electron chi connectivity index (χ3n) is 5.16. The van der Waals surface area contributed by atoms with E-state index in [9.17, 15) is 9.59 Å². The van der Waals surface area contributed by atoms with Gasteiger partial charge in [-0.15, -0.1) is 0 Å². The number of hydrogen-bond acceptors (Lipinski definition) is 2. The Morgan fingerprint density at radius 1 is 1.12 bits per heavy atom. The van der Waals surface area contributed by atoms with Crippen LogP contribution in [0.15, 0.2) is 48.5 Å². The van der Waals surface area contributed by atoms with E-state index in [2.05, 4.69) is 18.3 Å². The highest BCUT2D eigenvalue weighted by Crippen LogP contribution is 2.33. The molecule has 1 heterocycles. The van der Waals surface area contributed by atoms with Crippen LogP contribution in [0.5, 0.6) is 0 Å². The molecule has 0 radical (unpaired) electrons. The van der Waals surface area contributed by atoms with Gasteiger partial charge in [-0.3, -0.25) is 9.59 Å². The van der Waals surface area contributed by atoms with Crippen LogP contribution in [0.3, 0.4) is 0 Å². The van der Waals surface area contributed by atoms with E-state index in [4.69, 9.17) is 0 Å². The summed E-state index contributed by atoms with van der Waals surface area (Å²) in [6.07, 6.45) is 2.49. The summed E-state index contributed by atoms with van der Waals surface area (Å²) >= 11 is 0. The van der Waals surface area contributed by atoms with Crippen molar-refractivity contribution in [1.82, 2.24) is 0 Å². The zero-order valence-corrected chi connectivity index (χ0v) is 15.7. The molecule has 26 heavy (non-hydrogen) atoms. The van der Waals surface area contributed by atoms with Crippen molar-refractivity contribution in [2.45, 2.75) is 46.1 Å². The molecule has 4 nitrogen and oxygen atoms in total. The van der Waals surface area contributed by atoms with Gasteiger partial charge in [0.15, 0.2) is 0 Å². The molecule has 0 unspecified atom stereocenters. The number of nitrogens with one attached hydrogen (secondary N) is 1. The summed E-state index contributed by atoms with van der Waals surface area (Å²) in [6, 6.07) is 15.4. The lowest BCUT2D eigenvalue weighted by atomic mass is 10.0. The molecule has 136 valence electrons. The van der Waals surface area contributed by atoms with Crippen LogP contribution in [0, 0.1) is 5.92 Å². The Hall–Kier alpha value is -2.62. The highest BCUT2D eigenvalue weighted by Gasteiger charge is 2.31. The number of anilines is 2. The third kappa shape index (κ3) is 3.50. The van der Waals surface area contributed by atoms with Crippen molar-refractivity contribution in [1.29, 1.82) is 0 Å². The van der Waals surface area contributed by atoms with Gasteiger partial charge in [-0.2, -0.15) is 0 Å². The van der Waals surface area contributed by atoms with Gasteiger partial charge in [0.1, 0.15) is 0 Å². The number of rotatable bonds is 5. The molecule has 1 atom stereocenters. The fourth-order valence-electron chi connectivity index (χ4n) is 3.65. The van der Waals surface area contributed by atoms with Crippen LogP contribution < -0.4 is 10.2 Å². The normalized spacial score (nSPS) is 15.8. The highest BCUT2D eigenvalue weighted by molar-refractivity contribution is 6.08. The van der Waals surface area contributed by atoms with Gasteiger partial charge in [-0.1, -0.05) is 38.1 Å². The van der Waals surface area contributed by atoms with Crippen LogP contribution in [0.1, 0.15) is 49.5 Å². The average Bonchev–Trinajstić information content (AvgIpc) is 2.98. The van der Waals surface area contributed by atoms with Gasteiger partial charge in [0.2, 0.25) is 5.91 Å². The molecule has 0 aliphatic carbocycles. The van der Waals surface area contributed by atoms with Crippen LogP contribution in [-0.2, 0) is 11.2 Å². The molecule has 2 amide bonds. The lowest BCUT2D eigenvalue weighted by molar-refractivity contribution is -0.120. The zero-order chi connectivity index (χ0) is 18.7. The molecule has 0 saturated carbocycles. The molecular weight excluding hydrogens is 324 g/mol. The molecule has 4 heteroatoms. The highest BCUT2D eigenvalue weighted by atomic mass is 16.2. The molecule has 2 aromatic rings. The molecular formula is C22H26N2O2. The van der Waals surface area contributed by atoms with E-state index in [-0.39, 0.29) is 23.8 Å². The number of hydrogen-bond donors (Lipinski definition) is 1. The van der Waals surface area contributed by atoms with E-state index < -0.39 is 0 Å². The van der Waals surface area contributed by atoms with Crippen LogP contribution in [0.4, 0.5) is 11.4 Å². The fraction of sp³-hybridized carbons (Fsp3) is 0.364. The van der Waals surface area contributed by atoms with Crippen molar-refractivity contribution >= 4 is 23.2 Å². The van der Waals surface area contributed by atoms with Crippen LogP contribution in [-0.4, -0.2) is 17.9 Å². The SMILES string of the molecule is CCC(CC)C(=O)Nc1cccc(C(=O)N2c3ccccc3C[C@H]2C)c1. The minimum absolute atomic E-state index is 0.000149.